The summed E-state index contributed by atoms with van der Waals surface area (Å²) in [7, 11) is 1.75. The van der Waals surface area contributed by atoms with E-state index in [9.17, 15) is 0 Å². The van der Waals surface area contributed by atoms with Crippen molar-refractivity contribution in [3.8, 4) is 0 Å². The third kappa shape index (κ3) is 3.99. The lowest BCUT2D eigenvalue weighted by atomic mass is 10.2. The average Bonchev–Trinajstić information content (AvgIpc) is 2.07. The van der Waals surface area contributed by atoms with Crippen LogP contribution in [-0.4, -0.2) is 37.8 Å². The fourth-order valence-electron chi connectivity index (χ4n) is 1.27. The Bertz CT molecular complexity index is 94.1. The zero-order valence-corrected chi connectivity index (χ0v) is 7.95. The van der Waals surface area contributed by atoms with Gasteiger partial charge in [0.05, 0.1) is 6.61 Å². The zero-order chi connectivity index (χ0) is 7.94. The van der Waals surface area contributed by atoms with Crippen LogP contribution in [0.15, 0.2) is 0 Å². The highest BCUT2D eigenvalue weighted by Gasteiger charge is 2.11. The standard InChI is InChI=1S/C8H17NOS/c1-10-5-4-9-8-3-2-6-11-7-8/h8-9H,2-7H2,1H3/t8-/m1/s1. The van der Waals surface area contributed by atoms with Gasteiger partial charge in [0.2, 0.25) is 0 Å². The Morgan fingerprint density at radius 3 is 3.18 bits per heavy atom. The molecule has 0 saturated carbocycles. The minimum Gasteiger partial charge on any atom is -0.383 e. The van der Waals surface area contributed by atoms with Crippen molar-refractivity contribution in [3.63, 3.8) is 0 Å². The largest absolute Gasteiger partial charge is 0.383 e. The predicted molar refractivity (Wildman–Crippen MR) is 50.2 cm³/mol. The van der Waals surface area contributed by atoms with Crippen LogP contribution in [-0.2, 0) is 4.74 Å². The highest BCUT2D eigenvalue weighted by molar-refractivity contribution is 7.99. The van der Waals surface area contributed by atoms with E-state index >= 15 is 0 Å². The molecule has 0 unspecified atom stereocenters. The Labute approximate surface area is 73.1 Å². The number of methoxy groups -OCH3 is 1. The molecule has 1 N–H and O–H groups in total. The fourth-order valence-corrected chi connectivity index (χ4v) is 2.37. The van der Waals surface area contributed by atoms with Gasteiger partial charge in [0, 0.05) is 25.4 Å². The van der Waals surface area contributed by atoms with Crippen LogP contribution in [0, 0.1) is 0 Å². The molecule has 1 saturated heterocycles. The van der Waals surface area contributed by atoms with Gasteiger partial charge in [-0.2, -0.15) is 11.8 Å². The first kappa shape index (κ1) is 9.36. The van der Waals surface area contributed by atoms with E-state index < -0.39 is 0 Å². The molecule has 0 spiro atoms. The van der Waals surface area contributed by atoms with Crippen molar-refractivity contribution in [2.24, 2.45) is 0 Å². The molecule has 0 aliphatic carbocycles. The molecule has 0 aromatic heterocycles. The number of hydrogen-bond donors (Lipinski definition) is 1. The summed E-state index contributed by atoms with van der Waals surface area (Å²) in [4.78, 5) is 0. The smallest absolute Gasteiger partial charge is 0.0587 e. The molecule has 0 radical (unpaired) electrons. The maximum Gasteiger partial charge on any atom is 0.0587 e. The lowest BCUT2D eigenvalue weighted by Gasteiger charge is -2.22. The van der Waals surface area contributed by atoms with E-state index in [-0.39, 0.29) is 0 Å². The van der Waals surface area contributed by atoms with Crippen LogP contribution in [0.4, 0.5) is 0 Å². The molecule has 2 nitrogen and oxygen atoms in total. The Morgan fingerprint density at radius 1 is 1.64 bits per heavy atom. The number of rotatable bonds is 4. The molecule has 1 fully saturated rings. The fraction of sp³-hybridized carbons (Fsp3) is 1.00. The SMILES string of the molecule is COCCN[C@@H]1CCCSC1. The molecule has 1 atom stereocenters. The molecule has 0 aromatic carbocycles. The molecule has 1 aliphatic heterocycles. The van der Waals surface area contributed by atoms with Crippen molar-refractivity contribution < 1.29 is 4.74 Å². The summed E-state index contributed by atoms with van der Waals surface area (Å²) in [6, 6.07) is 0.740. The van der Waals surface area contributed by atoms with E-state index in [4.69, 9.17) is 4.74 Å². The Balaban J connectivity index is 1.96. The summed E-state index contributed by atoms with van der Waals surface area (Å²) in [5.74, 6) is 2.63. The molecule has 3 heteroatoms. The van der Waals surface area contributed by atoms with E-state index in [1.54, 1.807) is 7.11 Å². The minimum atomic E-state index is 0.740. The number of hydrogen-bond acceptors (Lipinski definition) is 3. The van der Waals surface area contributed by atoms with Gasteiger partial charge in [0.15, 0.2) is 0 Å². The topological polar surface area (TPSA) is 21.3 Å². The molecule has 0 amide bonds. The van der Waals surface area contributed by atoms with Gasteiger partial charge in [-0.15, -0.1) is 0 Å². The van der Waals surface area contributed by atoms with Crippen molar-refractivity contribution >= 4 is 11.8 Å². The van der Waals surface area contributed by atoms with Crippen LogP contribution in [0.5, 0.6) is 0 Å². The second-order valence-electron chi connectivity index (χ2n) is 2.86. The molecular weight excluding hydrogens is 158 g/mol. The summed E-state index contributed by atoms with van der Waals surface area (Å²) in [5.41, 5.74) is 0. The van der Waals surface area contributed by atoms with E-state index in [2.05, 4.69) is 17.1 Å². The van der Waals surface area contributed by atoms with Crippen molar-refractivity contribution in [1.82, 2.24) is 5.32 Å². The molecule has 66 valence electrons. The molecule has 0 bridgehead atoms. The minimum absolute atomic E-state index is 0.740. The van der Waals surface area contributed by atoms with E-state index in [1.807, 2.05) is 0 Å². The van der Waals surface area contributed by atoms with Crippen molar-refractivity contribution in [2.45, 2.75) is 18.9 Å². The maximum atomic E-state index is 4.96. The Hall–Kier alpha value is 0.270. The van der Waals surface area contributed by atoms with Gasteiger partial charge in [-0.3, -0.25) is 0 Å². The van der Waals surface area contributed by atoms with E-state index in [0.29, 0.717) is 0 Å². The highest BCUT2D eigenvalue weighted by atomic mass is 32.2. The normalized spacial score (nSPS) is 25.4. The van der Waals surface area contributed by atoms with E-state index in [1.165, 1.54) is 24.3 Å². The number of thioether (sulfide) groups is 1. The lowest BCUT2D eigenvalue weighted by Crippen LogP contribution is -2.35. The molecule has 1 rings (SSSR count). The summed E-state index contributed by atoms with van der Waals surface area (Å²) in [6.45, 7) is 1.84. The first-order valence-corrected chi connectivity index (χ1v) is 5.39. The Morgan fingerprint density at radius 2 is 2.55 bits per heavy atom. The predicted octanol–water partition coefficient (Wildman–Crippen LogP) is 1.12. The maximum absolute atomic E-state index is 4.96. The Kier molecular flexibility index (Phi) is 4.99. The molecule has 1 heterocycles. The summed E-state index contributed by atoms with van der Waals surface area (Å²) < 4.78 is 4.96. The van der Waals surface area contributed by atoms with Gasteiger partial charge in [-0.05, 0) is 18.6 Å². The average molecular weight is 175 g/mol. The second kappa shape index (κ2) is 5.86. The zero-order valence-electron chi connectivity index (χ0n) is 7.14. The van der Waals surface area contributed by atoms with Gasteiger partial charge >= 0.3 is 0 Å². The second-order valence-corrected chi connectivity index (χ2v) is 4.01. The van der Waals surface area contributed by atoms with Gasteiger partial charge in [0.25, 0.3) is 0 Å². The monoisotopic (exact) mass is 175 g/mol. The van der Waals surface area contributed by atoms with Crippen LogP contribution in [0.2, 0.25) is 0 Å². The van der Waals surface area contributed by atoms with Crippen LogP contribution in [0.1, 0.15) is 12.8 Å². The van der Waals surface area contributed by atoms with Crippen molar-refractivity contribution in [1.29, 1.82) is 0 Å². The van der Waals surface area contributed by atoms with Gasteiger partial charge in [0.1, 0.15) is 0 Å². The molecular formula is C8H17NOS. The first-order valence-electron chi connectivity index (χ1n) is 4.23. The molecule has 11 heavy (non-hydrogen) atoms. The highest BCUT2D eigenvalue weighted by Crippen LogP contribution is 2.16. The summed E-state index contributed by atoms with van der Waals surface area (Å²) in [6.07, 6.45) is 2.71. The lowest BCUT2D eigenvalue weighted by molar-refractivity contribution is 0.196. The van der Waals surface area contributed by atoms with Crippen molar-refractivity contribution in [3.05, 3.63) is 0 Å². The number of nitrogens with one attached hydrogen (secondary N) is 1. The van der Waals surface area contributed by atoms with Crippen LogP contribution in [0.3, 0.4) is 0 Å². The quantitative estimate of drug-likeness (QED) is 0.647. The molecule has 0 aromatic rings. The van der Waals surface area contributed by atoms with Crippen LogP contribution < -0.4 is 5.32 Å². The number of ether oxygens (including phenoxy) is 1. The van der Waals surface area contributed by atoms with E-state index in [0.717, 1.165) is 19.2 Å². The summed E-state index contributed by atoms with van der Waals surface area (Å²) >= 11 is 2.06. The van der Waals surface area contributed by atoms with Crippen LogP contribution in [0.25, 0.3) is 0 Å². The van der Waals surface area contributed by atoms with Gasteiger partial charge in [-0.1, -0.05) is 0 Å². The van der Waals surface area contributed by atoms with Gasteiger partial charge in [-0.25, -0.2) is 0 Å². The third-order valence-corrected chi connectivity index (χ3v) is 3.11. The van der Waals surface area contributed by atoms with Crippen LogP contribution >= 0.6 is 11.8 Å². The first-order chi connectivity index (χ1) is 5.43. The third-order valence-electron chi connectivity index (χ3n) is 1.90. The van der Waals surface area contributed by atoms with Gasteiger partial charge < -0.3 is 10.1 Å². The van der Waals surface area contributed by atoms with Crippen molar-refractivity contribution in [2.75, 3.05) is 31.8 Å². The summed E-state index contributed by atoms with van der Waals surface area (Å²) in [5, 5.41) is 3.48. The molecule has 1 aliphatic rings.